The minimum Gasteiger partial charge on any atom is -0.481 e. The van der Waals surface area contributed by atoms with Crippen molar-refractivity contribution >= 4 is 5.97 Å². The molecule has 4 nitrogen and oxygen atoms in total. The Morgan fingerprint density at radius 1 is 1.33 bits per heavy atom. The van der Waals surface area contributed by atoms with Crippen LogP contribution in [0.4, 0.5) is 0 Å². The summed E-state index contributed by atoms with van der Waals surface area (Å²) in [6, 6.07) is 6.24. The van der Waals surface area contributed by atoms with Crippen molar-refractivity contribution in [2.75, 3.05) is 0 Å². The molecule has 0 spiro atoms. The van der Waals surface area contributed by atoms with E-state index in [1.807, 2.05) is 13.8 Å². The number of carboxylic acids is 1. The van der Waals surface area contributed by atoms with Crippen molar-refractivity contribution in [1.29, 1.82) is 0 Å². The van der Waals surface area contributed by atoms with Crippen LogP contribution >= 0.6 is 0 Å². The van der Waals surface area contributed by atoms with Crippen molar-refractivity contribution in [3.63, 3.8) is 0 Å². The monoisotopic (exact) mass is 244 g/mol. The van der Waals surface area contributed by atoms with Gasteiger partial charge in [-0.15, -0.1) is 0 Å². The van der Waals surface area contributed by atoms with E-state index in [0.717, 1.165) is 16.8 Å². The van der Waals surface area contributed by atoms with Gasteiger partial charge in [0.2, 0.25) is 0 Å². The number of hydrogen-bond donors (Lipinski definition) is 2. The third-order valence-corrected chi connectivity index (χ3v) is 2.99. The van der Waals surface area contributed by atoms with Crippen LogP contribution in [0.5, 0.6) is 0 Å². The molecule has 0 aliphatic rings. The molecule has 0 radical (unpaired) electrons. The molecule has 1 aromatic heterocycles. The van der Waals surface area contributed by atoms with E-state index in [2.05, 4.69) is 28.4 Å². The molecule has 1 heterocycles. The van der Waals surface area contributed by atoms with Crippen LogP contribution in [0.15, 0.2) is 24.4 Å². The highest BCUT2D eigenvalue weighted by molar-refractivity contribution is 5.71. The number of H-pyrrole nitrogens is 1. The summed E-state index contributed by atoms with van der Waals surface area (Å²) in [5, 5.41) is 15.7. The van der Waals surface area contributed by atoms with Crippen LogP contribution in [-0.2, 0) is 11.2 Å². The standard InChI is InChI=1S/C14H16N2O2/c1-9-3-4-10(2)11(7-9)12-8-15-16-13(12)5-6-14(17)18/h3-4,7-8H,5-6H2,1-2H3,(H,15,16)(H,17,18). The van der Waals surface area contributed by atoms with E-state index in [9.17, 15) is 4.79 Å². The van der Waals surface area contributed by atoms with Crippen molar-refractivity contribution in [3.05, 3.63) is 41.2 Å². The molecule has 0 bridgehead atoms. The SMILES string of the molecule is Cc1ccc(C)c(-c2cn[nH]c2CCC(=O)O)c1. The lowest BCUT2D eigenvalue weighted by molar-refractivity contribution is -0.136. The molecule has 1 aromatic carbocycles. The number of nitrogens with one attached hydrogen (secondary N) is 1. The molecule has 0 unspecified atom stereocenters. The van der Waals surface area contributed by atoms with Gasteiger partial charge in [-0.05, 0) is 25.0 Å². The van der Waals surface area contributed by atoms with Gasteiger partial charge in [-0.25, -0.2) is 0 Å². The minimum absolute atomic E-state index is 0.111. The van der Waals surface area contributed by atoms with E-state index >= 15 is 0 Å². The van der Waals surface area contributed by atoms with Gasteiger partial charge >= 0.3 is 5.97 Å². The molecule has 0 saturated heterocycles. The summed E-state index contributed by atoms with van der Waals surface area (Å²) in [4.78, 5) is 10.6. The smallest absolute Gasteiger partial charge is 0.303 e. The Labute approximate surface area is 106 Å². The molecule has 2 N–H and O–H groups in total. The van der Waals surface area contributed by atoms with E-state index in [-0.39, 0.29) is 6.42 Å². The van der Waals surface area contributed by atoms with Crippen LogP contribution in [0.1, 0.15) is 23.2 Å². The molecule has 0 fully saturated rings. The number of benzene rings is 1. The molecule has 2 aromatic rings. The van der Waals surface area contributed by atoms with E-state index < -0.39 is 5.97 Å². The topological polar surface area (TPSA) is 66.0 Å². The molecule has 18 heavy (non-hydrogen) atoms. The highest BCUT2D eigenvalue weighted by Gasteiger charge is 2.11. The Morgan fingerprint density at radius 3 is 2.83 bits per heavy atom. The molecular weight excluding hydrogens is 228 g/mol. The van der Waals surface area contributed by atoms with Gasteiger partial charge in [0.15, 0.2) is 0 Å². The third-order valence-electron chi connectivity index (χ3n) is 2.99. The molecule has 0 atom stereocenters. The van der Waals surface area contributed by atoms with Gasteiger partial charge in [-0.3, -0.25) is 9.89 Å². The van der Waals surface area contributed by atoms with Gasteiger partial charge < -0.3 is 5.11 Å². The Balaban J connectivity index is 2.36. The summed E-state index contributed by atoms with van der Waals surface area (Å²) in [7, 11) is 0. The second-order valence-electron chi connectivity index (χ2n) is 4.47. The predicted octanol–water partition coefficient (Wildman–Crippen LogP) is 2.71. The molecule has 94 valence electrons. The average molecular weight is 244 g/mol. The molecule has 4 heteroatoms. The first kappa shape index (κ1) is 12.4. The van der Waals surface area contributed by atoms with Gasteiger partial charge in [-0.1, -0.05) is 23.8 Å². The van der Waals surface area contributed by atoms with Crippen molar-refractivity contribution in [2.24, 2.45) is 0 Å². The lowest BCUT2D eigenvalue weighted by Crippen LogP contribution is -1.99. The average Bonchev–Trinajstić information content (AvgIpc) is 2.77. The van der Waals surface area contributed by atoms with Gasteiger partial charge in [0.25, 0.3) is 0 Å². The van der Waals surface area contributed by atoms with Gasteiger partial charge in [0.05, 0.1) is 12.6 Å². The van der Waals surface area contributed by atoms with E-state index in [0.29, 0.717) is 6.42 Å². The predicted molar refractivity (Wildman–Crippen MR) is 69.5 cm³/mol. The maximum atomic E-state index is 10.6. The number of nitrogens with zero attached hydrogens (tertiary/aromatic N) is 1. The quantitative estimate of drug-likeness (QED) is 0.869. The van der Waals surface area contributed by atoms with Crippen LogP contribution in [-0.4, -0.2) is 21.3 Å². The number of aromatic amines is 1. The highest BCUT2D eigenvalue weighted by atomic mass is 16.4. The maximum Gasteiger partial charge on any atom is 0.303 e. The lowest BCUT2D eigenvalue weighted by atomic mass is 9.97. The number of carbonyl (C=O) groups is 1. The number of aliphatic carboxylic acids is 1. The van der Waals surface area contributed by atoms with E-state index in [1.165, 1.54) is 11.1 Å². The van der Waals surface area contributed by atoms with Gasteiger partial charge in [-0.2, -0.15) is 5.10 Å². The first-order valence-corrected chi connectivity index (χ1v) is 5.89. The summed E-state index contributed by atoms with van der Waals surface area (Å²) >= 11 is 0. The summed E-state index contributed by atoms with van der Waals surface area (Å²) < 4.78 is 0. The second kappa shape index (κ2) is 5.04. The molecule has 0 amide bonds. The molecule has 2 rings (SSSR count). The van der Waals surface area contributed by atoms with Crippen LogP contribution < -0.4 is 0 Å². The number of aromatic nitrogens is 2. The summed E-state index contributed by atoms with van der Waals surface area (Å²) in [5.74, 6) is -0.795. The zero-order valence-corrected chi connectivity index (χ0v) is 10.5. The number of carboxylic acid groups (broad SMARTS) is 1. The van der Waals surface area contributed by atoms with Crippen molar-refractivity contribution < 1.29 is 9.90 Å². The number of hydrogen-bond acceptors (Lipinski definition) is 2. The largest absolute Gasteiger partial charge is 0.481 e. The third kappa shape index (κ3) is 2.59. The van der Waals surface area contributed by atoms with Crippen molar-refractivity contribution in [2.45, 2.75) is 26.7 Å². The fraction of sp³-hybridized carbons (Fsp3) is 0.286. The zero-order valence-electron chi connectivity index (χ0n) is 10.5. The van der Waals surface area contributed by atoms with Gasteiger partial charge in [0.1, 0.15) is 0 Å². The van der Waals surface area contributed by atoms with Gasteiger partial charge in [0, 0.05) is 17.7 Å². The van der Waals surface area contributed by atoms with Crippen LogP contribution in [0.25, 0.3) is 11.1 Å². The van der Waals surface area contributed by atoms with Crippen LogP contribution in [0.2, 0.25) is 0 Å². The number of rotatable bonds is 4. The normalized spacial score (nSPS) is 10.6. The Morgan fingerprint density at radius 2 is 2.11 bits per heavy atom. The summed E-state index contributed by atoms with van der Waals surface area (Å²) in [5.41, 5.74) is 5.34. The molecule has 0 saturated carbocycles. The number of aryl methyl sites for hydroxylation is 3. The van der Waals surface area contributed by atoms with Crippen LogP contribution in [0.3, 0.4) is 0 Å². The summed E-state index contributed by atoms with van der Waals surface area (Å²) in [6.45, 7) is 4.09. The first-order chi connectivity index (χ1) is 8.58. The zero-order chi connectivity index (χ0) is 13.1. The lowest BCUT2D eigenvalue weighted by Gasteiger charge is -2.07. The molecule has 0 aliphatic carbocycles. The Hall–Kier alpha value is -2.10. The highest BCUT2D eigenvalue weighted by Crippen LogP contribution is 2.27. The van der Waals surface area contributed by atoms with E-state index in [1.54, 1.807) is 6.20 Å². The summed E-state index contributed by atoms with van der Waals surface area (Å²) in [6.07, 6.45) is 2.34. The first-order valence-electron chi connectivity index (χ1n) is 5.89. The Kier molecular flexibility index (Phi) is 3.46. The fourth-order valence-corrected chi connectivity index (χ4v) is 1.99. The van der Waals surface area contributed by atoms with Crippen molar-refractivity contribution in [1.82, 2.24) is 10.2 Å². The maximum absolute atomic E-state index is 10.6. The molecule has 0 aliphatic heterocycles. The Bertz CT molecular complexity index is 573. The van der Waals surface area contributed by atoms with E-state index in [4.69, 9.17) is 5.11 Å². The molecular formula is C14H16N2O2. The van der Waals surface area contributed by atoms with Crippen molar-refractivity contribution in [3.8, 4) is 11.1 Å². The minimum atomic E-state index is -0.795. The second-order valence-corrected chi connectivity index (χ2v) is 4.47. The fourth-order valence-electron chi connectivity index (χ4n) is 1.99. The van der Waals surface area contributed by atoms with Crippen LogP contribution in [0, 0.1) is 13.8 Å².